The van der Waals surface area contributed by atoms with Crippen LogP contribution in [0.5, 0.6) is 0 Å². The summed E-state index contributed by atoms with van der Waals surface area (Å²) < 4.78 is 75.2. The monoisotopic (exact) mass is 552 g/mol. The van der Waals surface area contributed by atoms with Gasteiger partial charge in [-0.05, 0) is 36.4 Å². The van der Waals surface area contributed by atoms with Crippen LogP contribution in [0.1, 0.15) is 11.4 Å². The highest BCUT2D eigenvalue weighted by Crippen LogP contribution is 2.29. The van der Waals surface area contributed by atoms with E-state index < -0.39 is 23.7 Å². The van der Waals surface area contributed by atoms with Gasteiger partial charge in [0.15, 0.2) is 11.4 Å². The fraction of sp³-hybridized carbons (Fsp3) is 0.111. The van der Waals surface area contributed by atoms with Crippen molar-refractivity contribution in [1.82, 2.24) is 19.9 Å². The first-order valence-electron chi connectivity index (χ1n) is 7.92. The molecule has 156 valence electrons. The summed E-state index contributed by atoms with van der Waals surface area (Å²) >= 11 is 6.36. The maximum absolute atomic E-state index is 12.3. The zero-order chi connectivity index (χ0) is 22.1. The Balaban J connectivity index is 0.000000171. The molecular weight excluding hydrogens is 546 g/mol. The Morgan fingerprint density at radius 3 is 1.53 bits per heavy atom. The number of aromatic nitrogens is 4. The van der Waals surface area contributed by atoms with Crippen molar-refractivity contribution < 1.29 is 26.3 Å². The van der Waals surface area contributed by atoms with Crippen LogP contribution < -0.4 is 0 Å². The van der Waals surface area contributed by atoms with Gasteiger partial charge in [0.1, 0.15) is 0 Å². The number of rotatable bonds is 0. The van der Waals surface area contributed by atoms with Gasteiger partial charge in [-0.15, -0.1) is 0 Å². The minimum atomic E-state index is -4.45. The lowest BCUT2D eigenvalue weighted by atomic mass is 10.3. The molecule has 0 spiro atoms. The smallest absolute Gasteiger partial charge is 0.252 e. The number of hydrogen-bond donors (Lipinski definition) is 0. The topological polar surface area (TPSA) is 51.6 Å². The van der Waals surface area contributed by atoms with Gasteiger partial charge in [0, 0.05) is 8.95 Å². The molecule has 0 aliphatic rings. The summed E-state index contributed by atoms with van der Waals surface area (Å²) in [5.41, 5.74) is -0.638. The van der Waals surface area contributed by atoms with Crippen LogP contribution in [-0.2, 0) is 12.4 Å². The predicted octanol–water partition coefficient (Wildman–Crippen LogP) is 6.82. The van der Waals surface area contributed by atoms with Crippen LogP contribution in [0.3, 0.4) is 0 Å². The molecule has 0 atom stereocenters. The number of fused-ring (bicyclic) bond motifs is 2. The first-order valence-corrected chi connectivity index (χ1v) is 9.51. The van der Waals surface area contributed by atoms with Gasteiger partial charge in [0.25, 0.3) is 0 Å². The van der Waals surface area contributed by atoms with Crippen molar-refractivity contribution in [2.75, 3.05) is 0 Å². The normalized spacial score (nSPS) is 12.0. The van der Waals surface area contributed by atoms with Crippen molar-refractivity contribution >= 4 is 53.9 Å². The van der Waals surface area contributed by atoms with E-state index >= 15 is 0 Å². The average molecular weight is 554 g/mol. The highest BCUT2D eigenvalue weighted by molar-refractivity contribution is 9.10. The third-order valence-corrected chi connectivity index (χ3v) is 4.58. The summed E-state index contributed by atoms with van der Waals surface area (Å²) in [7, 11) is 0. The van der Waals surface area contributed by atoms with Crippen LogP contribution in [0.4, 0.5) is 26.3 Å². The van der Waals surface area contributed by atoms with Crippen LogP contribution in [0, 0.1) is 0 Å². The van der Waals surface area contributed by atoms with Crippen molar-refractivity contribution in [1.29, 1.82) is 0 Å². The maximum atomic E-state index is 12.3. The molecule has 0 amide bonds. The lowest BCUT2D eigenvalue weighted by Crippen LogP contribution is -2.08. The highest BCUT2D eigenvalue weighted by atomic mass is 79.9. The van der Waals surface area contributed by atoms with E-state index in [4.69, 9.17) is 0 Å². The molecule has 4 nitrogen and oxygen atoms in total. The fourth-order valence-corrected chi connectivity index (χ4v) is 2.94. The molecule has 0 bridgehead atoms. The second-order valence-corrected chi connectivity index (χ2v) is 7.60. The molecule has 0 saturated carbocycles. The lowest BCUT2D eigenvalue weighted by molar-refractivity contribution is -0.142. The fourth-order valence-electron chi connectivity index (χ4n) is 2.24. The van der Waals surface area contributed by atoms with Crippen LogP contribution in [0.25, 0.3) is 22.1 Å². The Morgan fingerprint density at radius 2 is 1.00 bits per heavy atom. The molecule has 0 saturated heterocycles. The Bertz CT molecular complexity index is 1210. The molecule has 12 heteroatoms. The Morgan fingerprint density at radius 1 is 0.567 bits per heavy atom. The van der Waals surface area contributed by atoms with Crippen molar-refractivity contribution in [2.24, 2.45) is 0 Å². The molecular formula is C18H8Br2F6N4. The number of alkyl halides is 6. The van der Waals surface area contributed by atoms with Crippen LogP contribution in [0.2, 0.25) is 0 Å². The molecule has 0 unspecified atom stereocenters. The Labute approximate surface area is 181 Å². The standard InChI is InChI=1S/2C9H4BrF3N2/c10-5-1-2-6-7(3-5)14-4-8(15-6)9(11,12)13;10-5-1-2-6-7(3-5)15-8(4-14-6)9(11,12)13/h2*1-4H. The second kappa shape index (κ2) is 8.42. The average Bonchev–Trinajstić information content (AvgIpc) is 2.66. The molecule has 0 N–H and O–H groups in total. The van der Waals surface area contributed by atoms with Gasteiger partial charge in [-0.3, -0.25) is 9.97 Å². The maximum Gasteiger partial charge on any atom is 0.434 e. The first kappa shape index (κ1) is 22.3. The largest absolute Gasteiger partial charge is 0.434 e. The zero-order valence-electron chi connectivity index (χ0n) is 14.4. The van der Waals surface area contributed by atoms with E-state index in [0.29, 0.717) is 15.5 Å². The predicted molar refractivity (Wildman–Crippen MR) is 104 cm³/mol. The van der Waals surface area contributed by atoms with Crippen LogP contribution in [-0.4, -0.2) is 19.9 Å². The van der Waals surface area contributed by atoms with E-state index in [-0.39, 0.29) is 11.0 Å². The summed E-state index contributed by atoms with van der Waals surface area (Å²) in [5.74, 6) is 0. The van der Waals surface area contributed by atoms with Gasteiger partial charge in [0.2, 0.25) is 0 Å². The lowest BCUT2D eigenvalue weighted by Gasteiger charge is -2.05. The number of halogens is 8. The minimum absolute atomic E-state index is 0.221. The summed E-state index contributed by atoms with van der Waals surface area (Å²) in [5, 5.41) is 0. The van der Waals surface area contributed by atoms with E-state index in [2.05, 4.69) is 51.8 Å². The molecule has 0 aliphatic heterocycles. The van der Waals surface area contributed by atoms with Crippen molar-refractivity contribution in [3.63, 3.8) is 0 Å². The van der Waals surface area contributed by atoms with Crippen LogP contribution >= 0.6 is 31.9 Å². The van der Waals surface area contributed by atoms with Gasteiger partial charge >= 0.3 is 12.4 Å². The molecule has 2 aromatic carbocycles. The van der Waals surface area contributed by atoms with E-state index in [1.165, 1.54) is 12.1 Å². The highest BCUT2D eigenvalue weighted by Gasteiger charge is 2.33. The Kier molecular flexibility index (Phi) is 6.27. The summed E-state index contributed by atoms with van der Waals surface area (Å²) in [6.45, 7) is 0. The van der Waals surface area contributed by atoms with Gasteiger partial charge in [-0.25, -0.2) is 9.97 Å². The summed E-state index contributed by atoms with van der Waals surface area (Å²) in [6.07, 6.45) is -7.44. The molecule has 4 aromatic rings. The summed E-state index contributed by atoms with van der Waals surface area (Å²) in [4.78, 5) is 14.4. The van der Waals surface area contributed by atoms with Gasteiger partial charge in [-0.2, -0.15) is 26.3 Å². The third kappa shape index (κ3) is 5.42. The minimum Gasteiger partial charge on any atom is -0.252 e. The van der Waals surface area contributed by atoms with Gasteiger partial charge < -0.3 is 0 Å². The Hall–Kier alpha value is -2.34. The molecule has 2 heterocycles. The van der Waals surface area contributed by atoms with E-state index in [9.17, 15) is 26.3 Å². The SMILES string of the molecule is FC(F)(F)c1cnc2cc(Br)ccc2n1.FC(F)(F)c1cnc2ccc(Br)cc2n1. The zero-order valence-corrected chi connectivity index (χ0v) is 17.6. The quantitative estimate of drug-likeness (QED) is 0.224. The van der Waals surface area contributed by atoms with Crippen molar-refractivity contribution in [3.8, 4) is 0 Å². The van der Waals surface area contributed by atoms with E-state index in [1.54, 1.807) is 24.3 Å². The molecule has 2 aromatic heterocycles. The molecule has 4 rings (SSSR count). The number of nitrogens with zero attached hydrogens (tertiary/aromatic N) is 4. The molecule has 0 radical (unpaired) electrons. The summed E-state index contributed by atoms with van der Waals surface area (Å²) in [6, 6.07) is 9.52. The van der Waals surface area contributed by atoms with E-state index in [0.717, 1.165) is 16.9 Å². The number of benzene rings is 2. The van der Waals surface area contributed by atoms with Gasteiger partial charge in [-0.1, -0.05) is 31.9 Å². The van der Waals surface area contributed by atoms with Crippen molar-refractivity contribution in [2.45, 2.75) is 12.4 Å². The molecule has 0 fully saturated rings. The van der Waals surface area contributed by atoms with Crippen LogP contribution in [0.15, 0.2) is 57.7 Å². The van der Waals surface area contributed by atoms with E-state index in [1.807, 2.05) is 0 Å². The first-order chi connectivity index (χ1) is 13.9. The number of hydrogen-bond acceptors (Lipinski definition) is 4. The van der Waals surface area contributed by atoms with Gasteiger partial charge in [0.05, 0.1) is 34.5 Å². The second-order valence-electron chi connectivity index (χ2n) is 5.77. The van der Waals surface area contributed by atoms with Crippen molar-refractivity contribution in [3.05, 3.63) is 69.1 Å². The molecule has 0 aliphatic carbocycles. The third-order valence-electron chi connectivity index (χ3n) is 3.59. The molecule has 30 heavy (non-hydrogen) atoms.